The molecular formula is C14H8F3N5O. The fourth-order valence-electron chi connectivity index (χ4n) is 2.30. The van der Waals surface area contributed by atoms with Gasteiger partial charge in [-0.3, -0.25) is 10.1 Å². The van der Waals surface area contributed by atoms with Crippen molar-refractivity contribution < 1.29 is 17.7 Å². The molecule has 0 spiro atoms. The highest BCUT2D eigenvalue weighted by molar-refractivity contribution is 5.89. The van der Waals surface area contributed by atoms with Crippen LogP contribution in [0.3, 0.4) is 0 Å². The number of alkyl halides is 3. The number of aromatic amines is 1. The van der Waals surface area contributed by atoms with Crippen LogP contribution >= 0.6 is 0 Å². The first kappa shape index (κ1) is 13.6. The van der Waals surface area contributed by atoms with E-state index in [0.717, 1.165) is 5.52 Å². The molecule has 23 heavy (non-hydrogen) atoms. The lowest BCUT2D eigenvalue weighted by Gasteiger charge is -2.04. The summed E-state index contributed by atoms with van der Waals surface area (Å²) in [6.45, 7) is 0. The van der Waals surface area contributed by atoms with Gasteiger partial charge in [-0.1, -0.05) is 5.16 Å². The maximum Gasteiger partial charge on any atom is 0.437 e. The van der Waals surface area contributed by atoms with E-state index in [1.54, 1.807) is 12.3 Å². The minimum Gasteiger partial charge on any atom is -0.356 e. The maximum absolute atomic E-state index is 12.8. The molecule has 3 heterocycles. The number of pyridine rings is 1. The van der Waals surface area contributed by atoms with Crippen LogP contribution in [0.25, 0.3) is 22.0 Å². The van der Waals surface area contributed by atoms with Crippen molar-refractivity contribution >= 4 is 33.5 Å². The number of halogens is 3. The molecule has 0 aliphatic carbocycles. The second kappa shape index (κ2) is 4.70. The lowest BCUT2D eigenvalue weighted by Crippen LogP contribution is -2.05. The summed E-state index contributed by atoms with van der Waals surface area (Å²) < 4.78 is 43.1. The van der Waals surface area contributed by atoms with E-state index < -0.39 is 11.9 Å². The van der Waals surface area contributed by atoms with Crippen molar-refractivity contribution in [3.8, 4) is 0 Å². The molecule has 0 radical (unpaired) electrons. The predicted molar refractivity (Wildman–Crippen MR) is 76.2 cm³/mol. The molecule has 6 nitrogen and oxygen atoms in total. The Bertz CT molecular complexity index is 1000. The van der Waals surface area contributed by atoms with Gasteiger partial charge in [0.1, 0.15) is 5.52 Å². The third-order valence-corrected chi connectivity index (χ3v) is 3.32. The average Bonchev–Trinajstić information content (AvgIpc) is 3.11. The molecule has 4 aromatic rings. The Hall–Kier alpha value is -3.10. The Labute approximate surface area is 126 Å². The van der Waals surface area contributed by atoms with Gasteiger partial charge in [0.05, 0.1) is 10.9 Å². The van der Waals surface area contributed by atoms with Crippen LogP contribution in [-0.2, 0) is 6.18 Å². The van der Waals surface area contributed by atoms with Gasteiger partial charge < -0.3 is 9.84 Å². The van der Waals surface area contributed by atoms with E-state index in [4.69, 9.17) is 4.52 Å². The lowest BCUT2D eigenvalue weighted by molar-refractivity contribution is -0.141. The Morgan fingerprint density at radius 3 is 2.87 bits per heavy atom. The van der Waals surface area contributed by atoms with Crippen molar-refractivity contribution in [3.05, 3.63) is 42.2 Å². The molecule has 0 unspecified atom stereocenters. The van der Waals surface area contributed by atoms with Crippen LogP contribution in [-0.4, -0.2) is 20.3 Å². The fraction of sp³-hybridized carbons (Fsp3) is 0.0714. The molecule has 3 aromatic heterocycles. The van der Waals surface area contributed by atoms with E-state index >= 15 is 0 Å². The average molecular weight is 319 g/mol. The van der Waals surface area contributed by atoms with Crippen LogP contribution in [0.1, 0.15) is 5.69 Å². The molecule has 0 bridgehead atoms. The van der Waals surface area contributed by atoms with Gasteiger partial charge in [-0.2, -0.15) is 18.3 Å². The third-order valence-electron chi connectivity index (χ3n) is 3.32. The first-order valence-corrected chi connectivity index (χ1v) is 6.55. The summed E-state index contributed by atoms with van der Waals surface area (Å²) in [6, 6.07) is 7.82. The standard InChI is InChI=1S/C14H8F3N5O/c15-14(16,17)12-8-4-3-7(6-10(8)23-22-12)19-13-11-9(20-21-13)2-1-5-18-11/h1-6H,(H2,19,20,21). The van der Waals surface area contributed by atoms with Gasteiger partial charge in [0, 0.05) is 18.0 Å². The summed E-state index contributed by atoms with van der Waals surface area (Å²) in [4.78, 5) is 4.20. The second-order valence-electron chi connectivity index (χ2n) is 4.84. The van der Waals surface area contributed by atoms with Crippen LogP contribution in [0.4, 0.5) is 24.7 Å². The highest BCUT2D eigenvalue weighted by Gasteiger charge is 2.37. The van der Waals surface area contributed by atoms with E-state index in [-0.39, 0.29) is 11.0 Å². The van der Waals surface area contributed by atoms with Crippen molar-refractivity contribution in [2.45, 2.75) is 6.18 Å². The van der Waals surface area contributed by atoms with Crippen molar-refractivity contribution in [2.75, 3.05) is 5.32 Å². The Kier molecular flexibility index (Phi) is 2.77. The summed E-state index contributed by atoms with van der Waals surface area (Å²) >= 11 is 0. The number of aromatic nitrogens is 4. The van der Waals surface area contributed by atoms with Gasteiger partial charge in [0.2, 0.25) is 0 Å². The number of nitrogens with one attached hydrogen (secondary N) is 2. The van der Waals surface area contributed by atoms with E-state index in [2.05, 4.69) is 25.7 Å². The van der Waals surface area contributed by atoms with Crippen LogP contribution in [0.15, 0.2) is 41.1 Å². The summed E-state index contributed by atoms with van der Waals surface area (Å²) in [6.07, 6.45) is -2.93. The first-order chi connectivity index (χ1) is 11.0. The van der Waals surface area contributed by atoms with Gasteiger partial charge in [-0.15, -0.1) is 0 Å². The number of anilines is 2. The molecule has 1 aromatic carbocycles. The molecule has 0 aliphatic rings. The fourth-order valence-corrected chi connectivity index (χ4v) is 2.30. The van der Waals surface area contributed by atoms with Crippen molar-refractivity contribution in [2.24, 2.45) is 0 Å². The van der Waals surface area contributed by atoms with Crippen LogP contribution in [0.5, 0.6) is 0 Å². The Morgan fingerprint density at radius 2 is 2.04 bits per heavy atom. The minimum atomic E-state index is -4.55. The van der Waals surface area contributed by atoms with Gasteiger partial charge in [-0.25, -0.2) is 0 Å². The molecule has 2 N–H and O–H groups in total. The molecule has 0 fully saturated rings. The lowest BCUT2D eigenvalue weighted by atomic mass is 10.2. The summed E-state index contributed by atoms with van der Waals surface area (Å²) in [5.41, 5.74) is 0.888. The Balaban J connectivity index is 1.73. The van der Waals surface area contributed by atoms with Gasteiger partial charge in [-0.05, 0) is 24.3 Å². The summed E-state index contributed by atoms with van der Waals surface area (Å²) in [5, 5.41) is 12.9. The molecule has 0 amide bonds. The third kappa shape index (κ3) is 2.26. The zero-order chi connectivity index (χ0) is 16.0. The quantitative estimate of drug-likeness (QED) is 0.586. The van der Waals surface area contributed by atoms with E-state index in [1.807, 2.05) is 6.07 Å². The molecule has 9 heteroatoms. The van der Waals surface area contributed by atoms with Crippen molar-refractivity contribution in [3.63, 3.8) is 0 Å². The highest BCUT2D eigenvalue weighted by Crippen LogP contribution is 2.35. The van der Waals surface area contributed by atoms with E-state index in [9.17, 15) is 13.2 Å². The van der Waals surface area contributed by atoms with Crippen molar-refractivity contribution in [1.29, 1.82) is 0 Å². The summed E-state index contributed by atoms with van der Waals surface area (Å²) in [5.74, 6) is 0.468. The van der Waals surface area contributed by atoms with Crippen LogP contribution < -0.4 is 5.32 Å². The van der Waals surface area contributed by atoms with Crippen LogP contribution in [0.2, 0.25) is 0 Å². The number of hydrogen-bond donors (Lipinski definition) is 2. The predicted octanol–water partition coefficient (Wildman–Crippen LogP) is 3.86. The molecule has 0 saturated heterocycles. The largest absolute Gasteiger partial charge is 0.437 e. The minimum absolute atomic E-state index is 0.0372. The first-order valence-electron chi connectivity index (χ1n) is 6.55. The number of H-pyrrole nitrogens is 1. The smallest absolute Gasteiger partial charge is 0.356 e. The number of benzene rings is 1. The zero-order valence-corrected chi connectivity index (χ0v) is 11.3. The number of hydrogen-bond acceptors (Lipinski definition) is 5. The number of rotatable bonds is 2. The normalized spacial score (nSPS) is 12.1. The highest BCUT2D eigenvalue weighted by atomic mass is 19.4. The monoisotopic (exact) mass is 319 g/mol. The Morgan fingerprint density at radius 1 is 1.17 bits per heavy atom. The maximum atomic E-state index is 12.8. The summed E-state index contributed by atoms with van der Waals surface area (Å²) in [7, 11) is 0. The van der Waals surface area contributed by atoms with E-state index in [1.165, 1.54) is 18.2 Å². The van der Waals surface area contributed by atoms with Crippen LogP contribution in [0, 0.1) is 0 Å². The second-order valence-corrected chi connectivity index (χ2v) is 4.84. The molecule has 116 valence electrons. The van der Waals surface area contributed by atoms with Crippen molar-refractivity contribution in [1.82, 2.24) is 20.3 Å². The topological polar surface area (TPSA) is 79.6 Å². The molecular weight excluding hydrogens is 311 g/mol. The van der Waals surface area contributed by atoms with Gasteiger partial charge in [0.25, 0.3) is 0 Å². The molecule has 0 saturated carbocycles. The number of fused-ring (bicyclic) bond motifs is 2. The van der Waals surface area contributed by atoms with E-state index in [0.29, 0.717) is 17.0 Å². The van der Waals surface area contributed by atoms with Gasteiger partial charge in [0.15, 0.2) is 17.1 Å². The molecule has 0 atom stereocenters. The SMILES string of the molecule is FC(F)(F)c1noc2cc(Nc3n[nH]c4cccnc34)ccc12. The molecule has 4 rings (SSSR count). The zero-order valence-electron chi connectivity index (χ0n) is 11.3. The number of nitrogens with zero attached hydrogens (tertiary/aromatic N) is 3. The van der Waals surface area contributed by atoms with Gasteiger partial charge >= 0.3 is 6.18 Å². The molecule has 0 aliphatic heterocycles.